The minimum Gasteiger partial charge on any atom is -0.440 e. The van der Waals surface area contributed by atoms with Crippen LogP contribution in [0, 0.1) is 0 Å². The van der Waals surface area contributed by atoms with Crippen LogP contribution in [0.25, 0.3) is 0 Å². The van der Waals surface area contributed by atoms with Gasteiger partial charge in [0.2, 0.25) is 0 Å². The van der Waals surface area contributed by atoms with Crippen molar-refractivity contribution in [3.05, 3.63) is 23.1 Å². The Bertz CT molecular complexity index is 392. The molecule has 1 aliphatic rings. The summed E-state index contributed by atoms with van der Waals surface area (Å²) in [5, 5.41) is 0.254. The summed E-state index contributed by atoms with van der Waals surface area (Å²) in [4.78, 5) is 14.1. The van der Waals surface area contributed by atoms with Crippen LogP contribution >= 0.6 is 23.2 Å². The van der Waals surface area contributed by atoms with Gasteiger partial charge in [-0.25, -0.2) is 0 Å². The van der Waals surface area contributed by atoms with E-state index in [9.17, 15) is 4.79 Å². The monoisotopic (exact) mass is 275 g/mol. The van der Waals surface area contributed by atoms with Crippen molar-refractivity contribution >= 4 is 29.1 Å². The second-order valence-corrected chi connectivity index (χ2v) is 4.98. The van der Waals surface area contributed by atoms with Gasteiger partial charge >= 0.3 is 0 Å². The Balaban J connectivity index is 2.03. The van der Waals surface area contributed by atoms with Gasteiger partial charge in [-0.2, -0.15) is 0 Å². The van der Waals surface area contributed by atoms with Gasteiger partial charge in [-0.05, 0) is 49.4 Å². The Morgan fingerprint density at radius 3 is 3.00 bits per heavy atom. The first kappa shape index (κ1) is 12.8. The molecule has 0 N–H and O–H groups in total. The van der Waals surface area contributed by atoms with Crippen molar-refractivity contribution in [1.82, 2.24) is 4.90 Å². The van der Waals surface area contributed by atoms with Crippen LogP contribution in [0.3, 0.4) is 0 Å². The third kappa shape index (κ3) is 2.96. The molecular weight excluding hydrogens is 261 g/mol. The Labute approximate surface area is 111 Å². The summed E-state index contributed by atoms with van der Waals surface area (Å²) in [5.74, 6) is 0.909. The molecular formula is C12H15Cl2NO2. The Kier molecular flexibility index (Phi) is 4.35. The number of carbonyl (C=O) groups excluding carboxylic acids is 1. The van der Waals surface area contributed by atoms with E-state index in [1.54, 1.807) is 12.1 Å². The van der Waals surface area contributed by atoms with Crippen LogP contribution in [0.15, 0.2) is 16.5 Å². The smallest absolute Gasteiger partial charge is 0.289 e. The number of rotatable bonds is 4. The van der Waals surface area contributed by atoms with Gasteiger partial charge < -0.3 is 9.32 Å². The molecule has 1 aromatic rings. The Morgan fingerprint density at radius 2 is 2.35 bits per heavy atom. The van der Waals surface area contributed by atoms with E-state index in [0.29, 0.717) is 17.7 Å². The largest absolute Gasteiger partial charge is 0.440 e. The van der Waals surface area contributed by atoms with Gasteiger partial charge in [0.1, 0.15) is 0 Å². The fourth-order valence-corrected chi connectivity index (χ4v) is 2.59. The van der Waals surface area contributed by atoms with Crippen molar-refractivity contribution in [1.29, 1.82) is 0 Å². The number of hydrogen-bond acceptors (Lipinski definition) is 2. The number of amides is 1. The number of carbonyl (C=O) groups is 1. The molecule has 1 atom stereocenters. The third-order valence-electron chi connectivity index (χ3n) is 3.09. The van der Waals surface area contributed by atoms with Crippen molar-refractivity contribution < 1.29 is 9.21 Å². The van der Waals surface area contributed by atoms with Gasteiger partial charge in [-0.1, -0.05) is 0 Å². The van der Waals surface area contributed by atoms with Crippen LogP contribution in [0.4, 0.5) is 0 Å². The van der Waals surface area contributed by atoms with Crippen LogP contribution in [0.5, 0.6) is 0 Å². The number of alkyl halides is 1. The molecule has 0 bridgehead atoms. The highest BCUT2D eigenvalue weighted by molar-refractivity contribution is 6.29. The van der Waals surface area contributed by atoms with E-state index >= 15 is 0 Å². The maximum atomic E-state index is 12.2. The molecule has 17 heavy (non-hydrogen) atoms. The van der Waals surface area contributed by atoms with Crippen molar-refractivity contribution in [3.8, 4) is 0 Å². The lowest BCUT2D eigenvalue weighted by Gasteiger charge is -2.23. The first-order valence-electron chi connectivity index (χ1n) is 5.84. The lowest BCUT2D eigenvalue weighted by atomic mass is 10.1. The van der Waals surface area contributed by atoms with Crippen molar-refractivity contribution in [2.24, 2.45) is 0 Å². The normalized spacial score (nSPS) is 19.9. The minimum atomic E-state index is -0.0611. The highest BCUT2D eigenvalue weighted by atomic mass is 35.5. The molecule has 1 aromatic heterocycles. The van der Waals surface area contributed by atoms with Crippen molar-refractivity contribution in [2.75, 3.05) is 12.4 Å². The topological polar surface area (TPSA) is 33.5 Å². The summed E-state index contributed by atoms with van der Waals surface area (Å²) in [6, 6.07) is 3.52. The van der Waals surface area contributed by atoms with Crippen LogP contribution in [0.2, 0.25) is 5.22 Å². The lowest BCUT2D eigenvalue weighted by molar-refractivity contribution is 0.0698. The van der Waals surface area contributed by atoms with Gasteiger partial charge in [0.25, 0.3) is 5.91 Å². The molecule has 2 rings (SSSR count). The number of nitrogens with zero attached hydrogens (tertiary/aromatic N) is 1. The molecule has 0 spiro atoms. The predicted octanol–water partition coefficient (Wildman–Crippen LogP) is 3.56. The zero-order valence-corrected chi connectivity index (χ0v) is 11.0. The van der Waals surface area contributed by atoms with Crippen LogP contribution in [0.1, 0.15) is 36.2 Å². The molecule has 3 nitrogen and oxygen atoms in total. The van der Waals surface area contributed by atoms with Crippen LogP contribution < -0.4 is 0 Å². The number of halogens is 2. The highest BCUT2D eigenvalue weighted by Crippen LogP contribution is 2.25. The maximum absolute atomic E-state index is 12.2. The van der Waals surface area contributed by atoms with E-state index in [1.165, 1.54) is 0 Å². The van der Waals surface area contributed by atoms with Gasteiger partial charge in [0.15, 0.2) is 11.0 Å². The average molecular weight is 276 g/mol. The number of furan rings is 1. The van der Waals surface area contributed by atoms with E-state index in [4.69, 9.17) is 27.6 Å². The lowest BCUT2D eigenvalue weighted by Crippen LogP contribution is -2.35. The van der Waals surface area contributed by atoms with E-state index < -0.39 is 0 Å². The molecule has 1 saturated heterocycles. The summed E-state index contributed by atoms with van der Waals surface area (Å²) in [6.45, 7) is 0.796. The van der Waals surface area contributed by atoms with E-state index in [1.807, 2.05) is 4.90 Å². The highest BCUT2D eigenvalue weighted by Gasteiger charge is 2.30. The maximum Gasteiger partial charge on any atom is 0.289 e. The van der Waals surface area contributed by atoms with Gasteiger partial charge in [-0.15, -0.1) is 11.6 Å². The first-order chi connectivity index (χ1) is 8.22. The minimum absolute atomic E-state index is 0.0611. The zero-order valence-electron chi connectivity index (χ0n) is 9.49. The first-order valence-corrected chi connectivity index (χ1v) is 6.76. The molecule has 0 radical (unpaired) electrons. The van der Waals surface area contributed by atoms with E-state index in [-0.39, 0.29) is 11.1 Å². The van der Waals surface area contributed by atoms with Crippen molar-refractivity contribution in [2.45, 2.75) is 31.7 Å². The third-order valence-corrected chi connectivity index (χ3v) is 3.56. The molecule has 1 amide bonds. The Hall–Kier alpha value is -0.670. The molecule has 1 aliphatic heterocycles. The molecule has 1 fully saturated rings. The van der Waals surface area contributed by atoms with E-state index in [0.717, 1.165) is 32.2 Å². The van der Waals surface area contributed by atoms with Crippen LogP contribution in [-0.4, -0.2) is 29.3 Å². The fraction of sp³-hybridized carbons (Fsp3) is 0.583. The second-order valence-electron chi connectivity index (χ2n) is 4.23. The Morgan fingerprint density at radius 1 is 1.53 bits per heavy atom. The molecule has 94 valence electrons. The quantitative estimate of drug-likeness (QED) is 0.788. The summed E-state index contributed by atoms with van der Waals surface area (Å²) < 4.78 is 5.16. The molecule has 1 unspecified atom stereocenters. The fourth-order valence-electron chi connectivity index (χ4n) is 2.29. The predicted molar refractivity (Wildman–Crippen MR) is 67.7 cm³/mol. The standard InChI is InChI=1S/C12H15Cl2NO2/c13-7-1-3-9-4-2-8-15(9)12(16)10-5-6-11(14)17-10/h5-6,9H,1-4,7-8H2. The summed E-state index contributed by atoms with van der Waals surface area (Å²) in [7, 11) is 0. The van der Waals surface area contributed by atoms with Gasteiger partial charge in [-0.3, -0.25) is 4.79 Å². The second kappa shape index (κ2) is 5.78. The molecule has 5 heteroatoms. The van der Waals surface area contributed by atoms with Gasteiger partial charge in [0.05, 0.1) is 0 Å². The molecule has 0 saturated carbocycles. The molecule has 2 heterocycles. The summed E-state index contributed by atoms with van der Waals surface area (Å²) in [6.07, 6.45) is 4.00. The molecule has 0 aromatic carbocycles. The summed E-state index contributed by atoms with van der Waals surface area (Å²) in [5.41, 5.74) is 0. The van der Waals surface area contributed by atoms with Crippen molar-refractivity contribution in [3.63, 3.8) is 0 Å². The molecule has 0 aliphatic carbocycles. The average Bonchev–Trinajstić information content (AvgIpc) is 2.94. The summed E-state index contributed by atoms with van der Waals surface area (Å²) >= 11 is 11.4. The van der Waals surface area contributed by atoms with E-state index in [2.05, 4.69) is 0 Å². The zero-order chi connectivity index (χ0) is 12.3. The van der Waals surface area contributed by atoms with Gasteiger partial charge in [0, 0.05) is 18.5 Å². The number of hydrogen-bond donors (Lipinski definition) is 0. The van der Waals surface area contributed by atoms with Crippen LogP contribution in [-0.2, 0) is 0 Å². The SMILES string of the molecule is O=C(c1ccc(Cl)o1)N1CCCC1CCCCl. The number of likely N-dealkylation sites (tertiary alicyclic amines) is 1.